The van der Waals surface area contributed by atoms with Crippen LogP contribution in [0.5, 0.6) is 0 Å². The van der Waals surface area contributed by atoms with Crippen molar-refractivity contribution < 1.29 is 4.42 Å². The van der Waals surface area contributed by atoms with Crippen LogP contribution in [0, 0.1) is 6.92 Å². The Labute approximate surface area is 119 Å². The van der Waals surface area contributed by atoms with E-state index in [0.717, 1.165) is 24.5 Å². The van der Waals surface area contributed by atoms with Crippen molar-refractivity contribution in [2.75, 3.05) is 12.3 Å². The summed E-state index contributed by atoms with van der Waals surface area (Å²) >= 11 is 1.86. The fraction of sp³-hybridized carbons (Fsp3) is 0.375. The minimum absolute atomic E-state index is 0.279. The molecular formula is C16H21NOS. The van der Waals surface area contributed by atoms with E-state index in [1.54, 1.807) is 6.26 Å². The van der Waals surface area contributed by atoms with Gasteiger partial charge in [0.25, 0.3) is 0 Å². The summed E-state index contributed by atoms with van der Waals surface area (Å²) in [7, 11) is 0. The lowest BCUT2D eigenvalue weighted by Crippen LogP contribution is -2.23. The smallest absolute Gasteiger partial charge is 0.121 e. The van der Waals surface area contributed by atoms with Crippen molar-refractivity contribution in [2.45, 2.75) is 31.2 Å². The lowest BCUT2D eigenvalue weighted by molar-refractivity contribution is 0.435. The Morgan fingerprint density at radius 2 is 2.00 bits per heavy atom. The largest absolute Gasteiger partial charge is 0.468 e. The Morgan fingerprint density at radius 1 is 1.21 bits per heavy atom. The second-order valence-electron chi connectivity index (χ2n) is 4.65. The zero-order valence-corrected chi connectivity index (χ0v) is 12.4. The van der Waals surface area contributed by atoms with Crippen LogP contribution in [-0.4, -0.2) is 12.3 Å². The van der Waals surface area contributed by atoms with Crippen LogP contribution in [-0.2, 0) is 0 Å². The normalized spacial score (nSPS) is 12.5. The average molecular weight is 275 g/mol. The molecule has 0 radical (unpaired) electrons. The van der Waals surface area contributed by atoms with Crippen molar-refractivity contribution in [1.29, 1.82) is 0 Å². The first-order valence-electron chi connectivity index (χ1n) is 6.76. The summed E-state index contributed by atoms with van der Waals surface area (Å²) in [6.45, 7) is 5.31. The molecule has 2 nitrogen and oxygen atoms in total. The minimum Gasteiger partial charge on any atom is -0.468 e. The molecule has 1 heterocycles. The van der Waals surface area contributed by atoms with Gasteiger partial charge in [0, 0.05) is 10.6 Å². The molecule has 0 saturated heterocycles. The van der Waals surface area contributed by atoms with Gasteiger partial charge in [-0.1, -0.05) is 24.6 Å². The van der Waals surface area contributed by atoms with Gasteiger partial charge < -0.3 is 9.73 Å². The monoisotopic (exact) mass is 275 g/mol. The second-order valence-corrected chi connectivity index (χ2v) is 5.74. The van der Waals surface area contributed by atoms with Crippen molar-refractivity contribution in [1.82, 2.24) is 5.32 Å². The van der Waals surface area contributed by atoms with Gasteiger partial charge in [0.05, 0.1) is 12.3 Å². The fourth-order valence-corrected chi connectivity index (χ4v) is 2.83. The third-order valence-corrected chi connectivity index (χ3v) is 4.07. The van der Waals surface area contributed by atoms with E-state index in [0.29, 0.717) is 0 Å². The molecule has 102 valence electrons. The van der Waals surface area contributed by atoms with Gasteiger partial charge in [-0.2, -0.15) is 0 Å². The maximum atomic E-state index is 5.52. The molecule has 1 aromatic carbocycles. The Morgan fingerprint density at radius 3 is 2.63 bits per heavy atom. The standard InChI is InChI=1S/C16H21NOS/c1-3-10-17-15(16-5-4-11-18-16)12-19-14-8-6-13(2)7-9-14/h4-9,11,15,17H,3,10,12H2,1-2H3. The molecule has 1 aromatic heterocycles. The molecule has 1 atom stereocenters. The molecule has 0 bridgehead atoms. The van der Waals surface area contributed by atoms with Crippen molar-refractivity contribution in [2.24, 2.45) is 0 Å². The van der Waals surface area contributed by atoms with E-state index in [1.807, 2.05) is 23.9 Å². The SMILES string of the molecule is CCCNC(CSc1ccc(C)cc1)c1ccco1. The number of rotatable bonds is 7. The molecule has 0 amide bonds. The maximum absolute atomic E-state index is 5.52. The van der Waals surface area contributed by atoms with E-state index in [2.05, 4.69) is 43.4 Å². The van der Waals surface area contributed by atoms with Crippen molar-refractivity contribution in [3.8, 4) is 0 Å². The Balaban J connectivity index is 1.94. The van der Waals surface area contributed by atoms with Crippen LogP contribution in [0.15, 0.2) is 52.0 Å². The van der Waals surface area contributed by atoms with Gasteiger partial charge in [0.15, 0.2) is 0 Å². The van der Waals surface area contributed by atoms with Crippen molar-refractivity contribution >= 4 is 11.8 Å². The third kappa shape index (κ3) is 4.44. The summed E-state index contributed by atoms with van der Waals surface area (Å²) in [5.74, 6) is 2.00. The first kappa shape index (κ1) is 14.2. The molecule has 1 N–H and O–H groups in total. The molecule has 1 unspecified atom stereocenters. The van der Waals surface area contributed by atoms with Crippen LogP contribution in [0.25, 0.3) is 0 Å². The molecule has 0 aliphatic heterocycles. The van der Waals surface area contributed by atoms with Crippen LogP contribution in [0.1, 0.15) is 30.7 Å². The Bertz CT molecular complexity index is 464. The fourth-order valence-electron chi connectivity index (χ4n) is 1.86. The molecule has 0 spiro atoms. The molecule has 2 aromatic rings. The number of nitrogens with one attached hydrogen (secondary N) is 1. The van der Waals surface area contributed by atoms with Crippen LogP contribution in [0.2, 0.25) is 0 Å². The summed E-state index contributed by atoms with van der Waals surface area (Å²) in [4.78, 5) is 1.31. The number of benzene rings is 1. The Hall–Kier alpha value is -1.19. The highest BCUT2D eigenvalue weighted by Gasteiger charge is 2.13. The number of hydrogen-bond acceptors (Lipinski definition) is 3. The second kappa shape index (κ2) is 7.41. The minimum atomic E-state index is 0.279. The molecule has 0 aliphatic carbocycles. The van der Waals surface area contributed by atoms with E-state index in [-0.39, 0.29) is 6.04 Å². The van der Waals surface area contributed by atoms with Crippen LogP contribution in [0.3, 0.4) is 0 Å². The van der Waals surface area contributed by atoms with E-state index < -0.39 is 0 Å². The number of thioether (sulfide) groups is 1. The zero-order chi connectivity index (χ0) is 13.5. The first-order valence-corrected chi connectivity index (χ1v) is 7.74. The summed E-state index contributed by atoms with van der Waals surface area (Å²) in [5.41, 5.74) is 1.30. The predicted molar refractivity (Wildman–Crippen MR) is 81.6 cm³/mol. The van der Waals surface area contributed by atoms with Crippen LogP contribution >= 0.6 is 11.8 Å². The zero-order valence-electron chi connectivity index (χ0n) is 11.6. The first-order chi connectivity index (χ1) is 9.29. The highest BCUT2D eigenvalue weighted by atomic mass is 32.2. The van der Waals surface area contributed by atoms with Gasteiger partial charge in [0.1, 0.15) is 5.76 Å². The molecule has 3 heteroatoms. The molecule has 2 rings (SSSR count). The maximum Gasteiger partial charge on any atom is 0.121 e. The van der Waals surface area contributed by atoms with Crippen molar-refractivity contribution in [3.05, 3.63) is 54.0 Å². The summed E-state index contributed by atoms with van der Waals surface area (Å²) in [5, 5.41) is 3.54. The predicted octanol–water partition coefficient (Wildman–Crippen LogP) is 4.42. The molecule has 0 fully saturated rings. The van der Waals surface area contributed by atoms with E-state index >= 15 is 0 Å². The summed E-state index contributed by atoms with van der Waals surface area (Å²) < 4.78 is 5.52. The van der Waals surface area contributed by atoms with E-state index in [9.17, 15) is 0 Å². The van der Waals surface area contributed by atoms with Gasteiger partial charge in [-0.3, -0.25) is 0 Å². The number of hydrogen-bond donors (Lipinski definition) is 1. The van der Waals surface area contributed by atoms with Gasteiger partial charge in [-0.05, 0) is 44.2 Å². The molecular weight excluding hydrogens is 254 g/mol. The van der Waals surface area contributed by atoms with E-state index in [1.165, 1.54) is 10.5 Å². The quantitative estimate of drug-likeness (QED) is 0.757. The number of aryl methyl sites for hydroxylation is 1. The highest BCUT2D eigenvalue weighted by molar-refractivity contribution is 7.99. The van der Waals surface area contributed by atoms with Crippen LogP contribution in [0.4, 0.5) is 0 Å². The lowest BCUT2D eigenvalue weighted by atomic mass is 10.2. The van der Waals surface area contributed by atoms with Gasteiger partial charge in [-0.25, -0.2) is 0 Å². The van der Waals surface area contributed by atoms with Gasteiger partial charge in [-0.15, -0.1) is 11.8 Å². The molecule has 19 heavy (non-hydrogen) atoms. The third-order valence-electron chi connectivity index (χ3n) is 2.97. The highest BCUT2D eigenvalue weighted by Crippen LogP contribution is 2.25. The molecule has 0 aliphatic rings. The molecule has 0 saturated carbocycles. The number of furan rings is 1. The van der Waals surface area contributed by atoms with Gasteiger partial charge in [0.2, 0.25) is 0 Å². The average Bonchev–Trinajstić information content (AvgIpc) is 2.95. The topological polar surface area (TPSA) is 25.2 Å². The van der Waals surface area contributed by atoms with Gasteiger partial charge >= 0.3 is 0 Å². The van der Waals surface area contributed by atoms with Crippen LogP contribution < -0.4 is 5.32 Å². The van der Waals surface area contributed by atoms with Crippen molar-refractivity contribution in [3.63, 3.8) is 0 Å². The van der Waals surface area contributed by atoms with E-state index in [4.69, 9.17) is 4.42 Å². The lowest BCUT2D eigenvalue weighted by Gasteiger charge is -2.15. The Kier molecular flexibility index (Phi) is 5.55. The summed E-state index contributed by atoms with van der Waals surface area (Å²) in [6, 6.07) is 12.9. The summed E-state index contributed by atoms with van der Waals surface area (Å²) in [6.07, 6.45) is 2.87.